The Balaban J connectivity index is 1.59. The minimum atomic E-state index is -0.337. The molecule has 1 aliphatic heterocycles. The van der Waals surface area contributed by atoms with Gasteiger partial charge in [-0.1, -0.05) is 28.1 Å². The van der Waals surface area contributed by atoms with E-state index in [0.717, 1.165) is 43.0 Å². The molecule has 6 heteroatoms. The van der Waals surface area contributed by atoms with Gasteiger partial charge < -0.3 is 9.64 Å². The van der Waals surface area contributed by atoms with E-state index in [4.69, 9.17) is 4.74 Å². The molecule has 0 unspecified atom stereocenters. The van der Waals surface area contributed by atoms with Gasteiger partial charge in [0.2, 0.25) is 0 Å². The number of hydrogen-bond acceptors (Lipinski definition) is 5. The van der Waals surface area contributed by atoms with Crippen molar-refractivity contribution in [3.63, 3.8) is 0 Å². The first kappa shape index (κ1) is 17.9. The van der Waals surface area contributed by atoms with Gasteiger partial charge in [-0.2, -0.15) is 0 Å². The summed E-state index contributed by atoms with van der Waals surface area (Å²) in [5.74, 6) is 0.587. The van der Waals surface area contributed by atoms with Crippen molar-refractivity contribution in [1.29, 1.82) is 0 Å². The van der Waals surface area contributed by atoms with E-state index >= 15 is 0 Å². The second-order valence-electron chi connectivity index (χ2n) is 6.18. The Morgan fingerprint density at radius 2 is 1.80 bits per heavy atom. The van der Waals surface area contributed by atoms with E-state index in [0.29, 0.717) is 11.3 Å². The molecule has 2 heterocycles. The van der Waals surface area contributed by atoms with Crippen LogP contribution in [0.5, 0.6) is 0 Å². The number of carbonyl (C=O) groups excluding carboxylic acids is 1. The number of rotatable bonds is 4. The Morgan fingerprint density at radius 1 is 1.12 bits per heavy atom. The number of benzene rings is 1. The number of piperazine rings is 1. The molecule has 1 fully saturated rings. The molecule has 0 spiro atoms. The Labute approximate surface area is 156 Å². The van der Waals surface area contributed by atoms with Crippen molar-refractivity contribution in [1.82, 2.24) is 9.88 Å². The van der Waals surface area contributed by atoms with Crippen LogP contribution in [-0.4, -0.2) is 49.1 Å². The number of ether oxygens (including phenoxy) is 1. The summed E-state index contributed by atoms with van der Waals surface area (Å²) in [6.45, 7) is 6.67. The van der Waals surface area contributed by atoms with Crippen molar-refractivity contribution < 1.29 is 9.53 Å². The van der Waals surface area contributed by atoms with Gasteiger partial charge in [0.25, 0.3) is 0 Å². The van der Waals surface area contributed by atoms with Crippen LogP contribution in [0.1, 0.15) is 21.6 Å². The maximum Gasteiger partial charge on any atom is 0.339 e. The van der Waals surface area contributed by atoms with Crippen molar-refractivity contribution in [3.05, 3.63) is 57.7 Å². The Morgan fingerprint density at radius 3 is 2.40 bits per heavy atom. The van der Waals surface area contributed by atoms with Crippen LogP contribution in [0.2, 0.25) is 0 Å². The second kappa shape index (κ2) is 7.97. The highest BCUT2D eigenvalue weighted by Gasteiger charge is 2.19. The quantitative estimate of drug-likeness (QED) is 0.733. The minimum Gasteiger partial charge on any atom is -0.465 e. The average molecular weight is 404 g/mol. The van der Waals surface area contributed by atoms with Gasteiger partial charge in [0, 0.05) is 37.2 Å². The van der Waals surface area contributed by atoms with E-state index in [9.17, 15) is 4.79 Å². The third-order valence-electron chi connectivity index (χ3n) is 4.49. The monoisotopic (exact) mass is 403 g/mol. The lowest BCUT2D eigenvalue weighted by Crippen LogP contribution is -2.46. The van der Waals surface area contributed by atoms with Crippen LogP contribution >= 0.6 is 15.9 Å². The molecule has 1 aromatic carbocycles. The fraction of sp³-hybridized carbons (Fsp3) is 0.368. The number of aryl methyl sites for hydroxylation is 1. The number of pyridine rings is 1. The standard InChI is InChI=1S/C19H22BrN3O2/c1-14-17(19(24)25-2)7-8-18(21-14)23-11-9-22(10-12-23)13-15-3-5-16(20)6-4-15/h3-8H,9-13H2,1-2H3. The maximum atomic E-state index is 11.7. The first-order chi connectivity index (χ1) is 12.1. The van der Waals surface area contributed by atoms with E-state index in [2.05, 4.69) is 55.0 Å². The molecular weight excluding hydrogens is 382 g/mol. The third-order valence-corrected chi connectivity index (χ3v) is 5.02. The van der Waals surface area contributed by atoms with Crippen LogP contribution in [-0.2, 0) is 11.3 Å². The molecule has 5 nitrogen and oxygen atoms in total. The molecule has 1 saturated heterocycles. The molecule has 0 radical (unpaired) electrons. The molecule has 2 aromatic rings. The lowest BCUT2D eigenvalue weighted by atomic mass is 10.2. The summed E-state index contributed by atoms with van der Waals surface area (Å²) in [6.07, 6.45) is 0. The highest BCUT2D eigenvalue weighted by Crippen LogP contribution is 2.19. The first-order valence-corrected chi connectivity index (χ1v) is 9.14. The van der Waals surface area contributed by atoms with Crippen molar-refractivity contribution in [2.24, 2.45) is 0 Å². The SMILES string of the molecule is COC(=O)c1ccc(N2CCN(Cc3ccc(Br)cc3)CC2)nc1C. The van der Waals surface area contributed by atoms with Crippen molar-refractivity contribution >= 4 is 27.7 Å². The largest absolute Gasteiger partial charge is 0.465 e. The van der Waals surface area contributed by atoms with E-state index in [1.54, 1.807) is 6.07 Å². The molecule has 25 heavy (non-hydrogen) atoms. The predicted octanol–water partition coefficient (Wildman–Crippen LogP) is 3.26. The summed E-state index contributed by atoms with van der Waals surface area (Å²) in [5, 5.41) is 0. The Kier molecular flexibility index (Phi) is 5.71. The number of halogens is 1. The number of carbonyl (C=O) groups is 1. The molecule has 0 amide bonds. The van der Waals surface area contributed by atoms with Crippen LogP contribution in [0, 0.1) is 6.92 Å². The highest BCUT2D eigenvalue weighted by atomic mass is 79.9. The summed E-state index contributed by atoms with van der Waals surface area (Å²) in [7, 11) is 1.39. The molecule has 132 valence electrons. The van der Waals surface area contributed by atoms with Gasteiger partial charge in [-0.05, 0) is 36.8 Å². The molecule has 1 aromatic heterocycles. The summed E-state index contributed by atoms with van der Waals surface area (Å²) < 4.78 is 5.89. The zero-order chi connectivity index (χ0) is 17.8. The van der Waals surface area contributed by atoms with E-state index < -0.39 is 0 Å². The van der Waals surface area contributed by atoms with E-state index in [-0.39, 0.29) is 5.97 Å². The molecule has 0 saturated carbocycles. The van der Waals surface area contributed by atoms with Crippen LogP contribution in [0.4, 0.5) is 5.82 Å². The lowest BCUT2D eigenvalue weighted by molar-refractivity contribution is 0.0599. The average Bonchev–Trinajstić information content (AvgIpc) is 2.63. The second-order valence-corrected chi connectivity index (χ2v) is 7.10. The Hall–Kier alpha value is -1.92. The van der Waals surface area contributed by atoms with Crippen LogP contribution in [0.3, 0.4) is 0 Å². The van der Waals surface area contributed by atoms with Crippen LogP contribution in [0.25, 0.3) is 0 Å². The summed E-state index contributed by atoms with van der Waals surface area (Å²) in [6, 6.07) is 12.2. The fourth-order valence-electron chi connectivity index (χ4n) is 3.03. The minimum absolute atomic E-state index is 0.337. The Bertz CT molecular complexity index is 741. The van der Waals surface area contributed by atoms with E-state index in [1.165, 1.54) is 12.7 Å². The molecule has 1 aliphatic rings. The molecule has 0 atom stereocenters. The zero-order valence-corrected chi connectivity index (χ0v) is 16.1. The molecule has 0 bridgehead atoms. The molecule has 3 rings (SSSR count). The summed E-state index contributed by atoms with van der Waals surface area (Å²) in [5.41, 5.74) is 2.56. The molecule has 0 aliphatic carbocycles. The van der Waals surface area contributed by atoms with E-state index in [1.807, 2.05) is 13.0 Å². The zero-order valence-electron chi connectivity index (χ0n) is 14.5. The summed E-state index contributed by atoms with van der Waals surface area (Å²) >= 11 is 3.47. The number of methoxy groups -OCH3 is 1. The summed E-state index contributed by atoms with van der Waals surface area (Å²) in [4.78, 5) is 21.0. The molecular formula is C19H22BrN3O2. The number of nitrogens with zero attached hydrogens (tertiary/aromatic N) is 3. The van der Waals surface area contributed by atoms with Gasteiger partial charge in [-0.3, -0.25) is 4.90 Å². The first-order valence-electron chi connectivity index (χ1n) is 8.34. The number of esters is 1. The normalized spacial score (nSPS) is 15.2. The van der Waals surface area contributed by atoms with Gasteiger partial charge >= 0.3 is 5.97 Å². The smallest absolute Gasteiger partial charge is 0.339 e. The number of aromatic nitrogens is 1. The topological polar surface area (TPSA) is 45.7 Å². The van der Waals surface area contributed by atoms with Gasteiger partial charge in [0.1, 0.15) is 5.82 Å². The van der Waals surface area contributed by atoms with Crippen LogP contribution < -0.4 is 4.90 Å². The van der Waals surface area contributed by atoms with Gasteiger partial charge in [0.15, 0.2) is 0 Å². The van der Waals surface area contributed by atoms with Gasteiger partial charge in [-0.15, -0.1) is 0 Å². The highest BCUT2D eigenvalue weighted by molar-refractivity contribution is 9.10. The van der Waals surface area contributed by atoms with Crippen molar-refractivity contribution in [2.75, 3.05) is 38.2 Å². The van der Waals surface area contributed by atoms with Gasteiger partial charge in [-0.25, -0.2) is 9.78 Å². The van der Waals surface area contributed by atoms with Crippen molar-refractivity contribution in [3.8, 4) is 0 Å². The third kappa shape index (κ3) is 4.38. The predicted molar refractivity (Wildman–Crippen MR) is 102 cm³/mol. The number of hydrogen-bond donors (Lipinski definition) is 0. The lowest BCUT2D eigenvalue weighted by Gasteiger charge is -2.35. The fourth-order valence-corrected chi connectivity index (χ4v) is 3.30. The maximum absolute atomic E-state index is 11.7. The van der Waals surface area contributed by atoms with Gasteiger partial charge in [0.05, 0.1) is 18.4 Å². The van der Waals surface area contributed by atoms with Crippen molar-refractivity contribution in [2.45, 2.75) is 13.5 Å². The van der Waals surface area contributed by atoms with Crippen LogP contribution in [0.15, 0.2) is 40.9 Å². The molecule has 0 N–H and O–H groups in total. The number of anilines is 1.